The molecule has 0 aliphatic heterocycles. The van der Waals surface area contributed by atoms with Crippen LogP contribution >= 0.6 is 11.6 Å². The minimum atomic E-state index is 0.0598. The molecule has 3 aromatic heterocycles. The lowest BCUT2D eigenvalue weighted by Crippen LogP contribution is -2.14. The number of halogens is 1. The molecule has 0 spiro atoms. The lowest BCUT2D eigenvalue weighted by molar-refractivity contribution is 0.440. The number of hydrogen-bond donors (Lipinski definition) is 0. The van der Waals surface area contributed by atoms with Gasteiger partial charge in [-0.05, 0) is 32.9 Å². The Labute approximate surface area is 128 Å². The van der Waals surface area contributed by atoms with E-state index in [4.69, 9.17) is 21.0 Å². The Morgan fingerprint density at radius 2 is 2.24 bits per heavy atom. The summed E-state index contributed by atoms with van der Waals surface area (Å²) in [4.78, 5) is 4.76. The maximum atomic E-state index is 5.95. The molecule has 0 bridgehead atoms. The van der Waals surface area contributed by atoms with E-state index in [9.17, 15) is 0 Å². The smallest absolute Gasteiger partial charge is 0.159 e. The van der Waals surface area contributed by atoms with Crippen LogP contribution in [0.2, 0.25) is 0 Å². The van der Waals surface area contributed by atoms with Crippen molar-refractivity contribution in [2.75, 3.05) is 5.88 Å². The Bertz CT molecular complexity index is 741. The van der Waals surface area contributed by atoms with Crippen molar-refractivity contribution in [3.05, 3.63) is 35.7 Å². The number of aryl methyl sites for hydroxylation is 3. The van der Waals surface area contributed by atoms with Gasteiger partial charge in [-0.25, -0.2) is 9.67 Å². The molecule has 0 saturated carbocycles. The number of furan rings is 1. The van der Waals surface area contributed by atoms with Crippen LogP contribution in [0.3, 0.4) is 0 Å². The van der Waals surface area contributed by atoms with Crippen LogP contribution in [0.5, 0.6) is 0 Å². The van der Waals surface area contributed by atoms with Crippen molar-refractivity contribution in [2.24, 2.45) is 0 Å². The van der Waals surface area contributed by atoms with Crippen LogP contribution in [0.1, 0.15) is 37.2 Å². The van der Waals surface area contributed by atoms with E-state index >= 15 is 0 Å². The molecule has 1 atom stereocenters. The fourth-order valence-corrected chi connectivity index (χ4v) is 2.95. The van der Waals surface area contributed by atoms with E-state index in [1.165, 1.54) is 0 Å². The van der Waals surface area contributed by atoms with Crippen LogP contribution in [-0.4, -0.2) is 25.2 Å². The van der Waals surface area contributed by atoms with E-state index in [1.54, 1.807) is 6.26 Å². The average molecular weight is 307 g/mol. The molecule has 3 rings (SSSR count). The van der Waals surface area contributed by atoms with Gasteiger partial charge in [0.25, 0.3) is 0 Å². The van der Waals surface area contributed by atoms with Crippen molar-refractivity contribution < 1.29 is 4.42 Å². The normalized spacial score (nSPS) is 13.1. The van der Waals surface area contributed by atoms with E-state index in [0.717, 1.165) is 41.4 Å². The number of aromatic nitrogens is 4. The third-order valence-corrected chi connectivity index (χ3v) is 3.97. The molecule has 0 aliphatic carbocycles. The van der Waals surface area contributed by atoms with Crippen LogP contribution < -0.4 is 0 Å². The van der Waals surface area contributed by atoms with Gasteiger partial charge in [-0.15, -0.1) is 11.6 Å². The highest BCUT2D eigenvalue weighted by Gasteiger charge is 2.23. The molecular weight excluding hydrogens is 288 g/mol. The van der Waals surface area contributed by atoms with E-state index in [0.29, 0.717) is 5.88 Å². The van der Waals surface area contributed by atoms with E-state index in [2.05, 4.69) is 23.5 Å². The van der Waals surface area contributed by atoms with Gasteiger partial charge in [0, 0.05) is 18.8 Å². The first-order chi connectivity index (χ1) is 10.2. The van der Waals surface area contributed by atoms with Crippen molar-refractivity contribution >= 4 is 22.8 Å². The van der Waals surface area contributed by atoms with Gasteiger partial charge in [0.15, 0.2) is 5.65 Å². The standard InChI is InChI=1S/C15H19ClN4O/c1-4-19-15-14(10(2)18-19)17-13(7-8-16)20(15)11(3)12-6-5-9-21-12/h5-6,9,11H,4,7-8H2,1-3H3. The number of rotatable bonds is 5. The topological polar surface area (TPSA) is 48.8 Å². The lowest BCUT2D eigenvalue weighted by atomic mass is 10.2. The molecule has 0 aromatic carbocycles. The molecule has 3 aromatic rings. The fourth-order valence-electron chi connectivity index (χ4n) is 2.78. The van der Waals surface area contributed by atoms with Gasteiger partial charge in [-0.3, -0.25) is 0 Å². The predicted octanol–water partition coefficient (Wildman–Crippen LogP) is 3.54. The molecule has 0 aliphatic rings. The van der Waals surface area contributed by atoms with Crippen LogP contribution in [-0.2, 0) is 13.0 Å². The number of nitrogens with zero attached hydrogens (tertiary/aromatic N) is 4. The highest BCUT2D eigenvalue weighted by molar-refractivity contribution is 6.17. The molecule has 0 saturated heterocycles. The number of hydrogen-bond acceptors (Lipinski definition) is 3. The molecule has 0 amide bonds. The summed E-state index contributed by atoms with van der Waals surface area (Å²) in [6.07, 6.45) is 2.42. The van der Waals surface area contributed by atoms with Crippen molar-refractivity contribution in [2.45, 2.75) is 39.8 Å². The first-order valence-electron chi connectivity index (χ1n) is 7.21. The van der Waals surface area contributed by atoms with Gasteiger partial charge in [0.2, 0.25) is 0 Å². The summed E-state index contributed by atoms with van der Waals surface area (Å²) in [5.74, 6) is 2.43. The Hall–Kier alpha value is -1.75. The van der Waals surface area contributed by atoms with Crippen LogP contribution in [0, 0.1) is 6.92 Å². The van der Waals surface area contributed by atoms with E-state index in [1.807, 2.05) is 23.7 Å². The second-order valence-electron chi connectivity index (χ2n) is 5.10. The quantitative estimate of drug-likeness (QED) is 0.677. The molecule has 1 unspecified atom stereocenters. The zero-order valence-electron chi connectivity index (χ0n) is 12.5. The number of alkyl halides is 1. The molecule has 0 N–H and O–H groups in total. The summed E-state index contributed by atoms with van der Waals surface area (Å²) < 4.78 is 9.76. The second-order valence-corrected chi connectivity index (χ2v) is 5.48. The minimum absolute atomic E-state index is 0.0598. The molecule has 0 radical (unpaired) electrons. The van der Waals surface area contributed by atoms with Gasteiger partial charge in [0.05, 0.1) is 18.0 Å². The Kier molecular flexibility index (Phi) is 3.76. The van der Waals surface area contributed by atoms with Gasteiger partial charge >= 0.3 is 0 Å². The van der Waals surface area contributed by atoms with Crippen molar-refractivity contribution in [3.63, 3.8) is 0 Å². The zero-order chi connectivity index (χ0) is 15.0. The van der Waals surface area contributed by atoms with E-state index in [-0.39, 0.29) is 6.04 Å². The van der Waals surface area contributed by atoms with Gasteiger partial charge in [0.1, 0.15) is 17.1 Å². The molecule has 112 valence electrons. The van der Waals surface area contributed by atoms with Crippen molar-refractivity contribution in [1.29, 1.82) is 0 Å². The van der Waals surface area contributed by atoms with Crippen LogP contribution in [0.4, 0.5) is 0 Å². The third-order valence-electron chi connectivity index (χ3n) is 3.78. The zero-order valence-corrected chi connectivity index (χ0v) is 13.3. The predicted molar refractivity (Wildman–Crippen MR) is 82.9 cm³/mol. The first-order valence-corrected chi connectivity index (χ1v) is 7.74. The van der Waals surface area contributed by atoms with Crippen LogP contribution in [0.25, 0.3) is 11.2 Å². The average Bonchev–Trinajstić information content (AvgIpc) is 3.16. The maximum absolute atomic E-state index is 5.95. The van der Waals surface area contributed by atoms with Gasteiger partial charge in [-0.2, -0.15) is 5.10 Å². The molecule has 21 heavy (non-hydrogen) atoms. The number of imidazole rings is 1. The van der Waals surface area contributed by atoms with Gasteiger partial charge < -0.3 is 8.98 Å². The summed E-state index contributed by atoms with van der Waals surface area (Å²) in [6, 6.07) is 3.95. The Morgan fingerprint density at radius 3 is 2.86 bits per heavy atom. The summed E-state index contributed by atoms with van der Waals surface area (Å²) in [7, 11) is 0. The summed E-state index contributed by atoms with van der Waals surface area (Å²) >= 11 is 5.95. The van der Waals surface area contributed by atoms with Crippen LogP contribution in [0.15, 0.2) is 22.8 Å². The molecule has 6 heteroatoms. The lowest BCUT2D eigenvalue weighted by Gasteiger charge is -2.16. The monoisotopic (exact) mass is 306 g/mol. The molecule has 3 heterocycles. The molecular formula is C15H19ClN4O. The van der Waals surface area contributed by atoms with Crippen molar-refractivity contribution in [3.8, 4) is 0 Å². The molecule has 5 nitrogen and oxygen atoms in total. The fraction of sp³-hybridized carbons (Fsp3) is 0.467. The highest BCUT2D eigenvalue weighted by Crippen LogP contribution is 2.28. The summed E-state index contributed by atoms with van der Waals surface area (Å²) in [6.45, 7) is 7.00. The summed E-state index contributed by atoms with van der Waals surface area (Å²) in [5.41, 5.74) is 2.95. The largest absolute Gasteiger partial charge is 0.467 e. The van der Waals surface area contributed by atoms with Gasteiger partial charge in [-0.1, -0.05) is 0 Å². The first kappa shape index (κ1) is 14.2. The van der Waals surface area contributed by atoms with Crippen molar-refractivity contribution in [1.82, 2.24) is 19.3 Å². The highest BCUT2D eigenvalue weighted by atomic mass is 35.5. The van der Waals surface area contributed by atoms with E-state index < -0.39 is 0 Å². The SMILES string of the molecule is CCn1nc(C)c2nc(CCCl)n(C(C)c3ccco3)c21. The second kappa shape index (κ2) is 5.56. The Morgan fingerprint density at radius 1 is 1.43 bits per heavy atom. The molecule has 0 fully saturated rings. The minimum Gasteiger partial charge on any atom is -0.467 e. The maximum Gasteiger partial charge on any atom is 0.159 e. The Balaban J connectivity index is 2.24. The third kappa shape index (κ3) is 2.25. The summed E-state index contributed by atoms with van der Waals surface area (Å²) in [5, 5.41) is 4.56. The number of fused-ring (bicyclic) bond motifs is 1.